The molecule has 0 aromatic heterocycles. The Morgan fingerprint density at radius 2 is 1.36 bits per heavy atom. The number of nitrogens with one attached hydrogen (secondary N) is 5. The summed E-state index contributed by atoms with van der Waals surface area (Å²) in [6, 6.07) is 11.6. The van der Waals surface area contributed by atoms with Gasteiger partial charge in [0.05, 0.1) is 25.5 Å². The maximum Gasteiger partial charge on any atom is 0.472 e. The molecule has 1 unspecified atom stereocenters. The molecule has 0 bridgehead atoms. The van der Waals surface area contributed by atoms with Gasteiger partial charge in [0, 0.05) is 12.6 Å². The third-order valence-corrected chi connectivity index (χ3v) is 7.85. The molecular formula is C33H48BN9O10. The van der Waals surface area contributed by atoms with Gasteiger partial charge in [0.25, 0.3) is 17.7 Å². The van der Waals surface area contributed by atoms with Crippen LogP contribution in [0, 0.1) is 0 Å². The lowest BCUT2D eigenvalue weighted by Crippen LogP contribution is -2.62. The third kappa shape index (κ3) is 14.3. The van der Waals surface area contributed by atoms with Crippen molar-refractivity contribution in [3.63, 3.8) is 0 Å². The van der Waals surface area contributed by atoms with E-state index >= 15 is 0 Å². The van der Waals surface area contributed by atoms with Crippen molar-refractivity contribution in [2.24, 2.45) is 17.2 Å². The summed E-state index contributed by atoms with van der Waals surface area (Å²) < 4.78 is 0. The van der Waals surface area contributed by atoms with Crippen LogP contribution < -0.4 is 43.8 Å². The van der Waals surface area contributed by atoms with Crippen molar-refractivity contribution in [2.75, 3.05) is 20.0 Å². The minimum absolute atomic E-state index is 0.234. The van der Waals surface area contributed by atoms with Gasteiger partial charge in [0.2, 0.25) is 23.6 Å². The molecule has 0 spiro atoms. The number of nitrogens with zero attached hydrogens (tertiary/aromatic N) is 1. The Bertz CT molecular complexity index is 1590. The highest BCUT2D eigenvalue weighted by atomic mass is 16.4. The van der Waals surface area contributed by atoms with Gasteiger partial charge in [-0.15, -0.1) is 0 Å². The number of carbonyl (C=O) groups excluding carboxylic acids is 7. The summed E-state index contributed by atoms with van der Waals surface area (Å²) in [5.41, 5.74) is 20.0. The molecule has 0 aliphatic heterocycles. The lowest BCUT2D eigenvalue weighted by molar-refractivity contribution is -0.144. The van der Waals surface area contributed by atoms with Crippen LogP contribution in [-0.2, 0) is 35.2 Å². The first-order chi connectivity index (χ1) is 24.9. The van der Waals surface area contributed by atoms with E-state index in [1.807, 2.05) is 12.1 Å². The van der Waals surface area contributed by atoms with Crippen LogP contribution in [0.1, 0.15) is 49.0 Å². The molecule has 2 aromatic carbocycles. The smallest absolute Gasteiger partial charge is 0.426 e. The first-order valence-electron chi connectivity index (χ1n) is 16.7. The predicted molar refractivity (Wildman–Crippen MR) is 192 cm³/mol. The van der Waals surface area contributed by atoms with E-state index in [1.54, 1.807) is 24.3 Å². The Kier molecular flexibility index (Phi) is 17.5. The number of amides is 7. The fourth-order valence-corrected chi connectivity index (χ4v) is 4.91. The van der Waals surface area contributed by atoms with Crippen LogP contribution in [0.25, 0.3) is 11.1 Å². The summed E-state index contributed by atoms with van der Waals surface area (Å²) in [6.07, 6.45) is -3.06. The molecule has 0 aliphatic carbocycles. The predicted octanol–water partition coefficient (Wildman–Crippen LogP) is -4.08. The molecule has 0 saturated heterocycles. The number of carbonyl (C=O) groups is 7. The molecule has 14 N–H and O–H groups in total. The Labute approximate surface area is 306 Å². The maximum absolute atomic E-state index is 13.0. The van der Waals surface area contributed by atoms with E-state index in [4.69, 9.17) is 27.2 Å². The number of primary amides is 1. The first-order valence-corrected chi connectivity index (χ1v) is 16.7. The molecule has 0 saturated carbocycles. The van der Waals surface area contributed by atoms with Gasteiger partial charge in [-0.1, -0.05) is 49.7 Å². The summed E-state index contributed by atoms with van der Waals surface area (Å²) >= 11 is 0. The van der Waals surface area contributed by atoms with Crippen molar-refractivity contribution in [3.05, 3.63) is 59.7 Å². The lowest BCUT2D eigenvalue weighted by Gasteiger charge is -2.30. The molecule has 5 atom stereocenters. The molecule has 0 fully saturated rings. The number of hydrogen-bond donors (Lipinski definition) is 11. The Balaban J connectivity index is 1.93. The average molecular weight is 742 g/mol. The number of aliphatic hydroxyl groups excluding tert-OH is 1. The van der Waals surface area contributed by atoms with Gasteiger partial charge < -0.3 is 63.8 Å². The minimum Gasteiger partial charge on any atom is -0.426 e. The van der Waals surface area contributed by atoms with Gasteiger partial charge in [0.1, 0.15) is 12.1 Å². The average Bonchev–Trinajstić information content (AvgIpc) is 3.11. The number of nitrogens with two attached hydrogens (primary N) is 3. The first kappa shape index (κ1) is 43.8. The zero-order chi connectivity index (χ0) is 39.8. The van der Waals surface area contributed by atoms with Crippen LogP contribution in [0.15, 0.2) is 48.5 Å². The van der Waals surface area contributed by atoms with Crippen LogP contribution in [-0.4, -0.2) is 119 Å². The van der Waals surface area contributed by atoms with Crippen molar-refractivity contribution in [1.29, 1.82) is 0 Å². The highest BCUT2D eigenvalue weighted by Gasteiger charge is 2.34. The van der Waals surface area contributed by atoms with E-state index in [-0.39, 0.29) is 5.56 Å². The van der Waals surface area contributed by atoms with Crippen molar-refractivity contribution in [1.82, 2.24) is 31.5 Å². The van der Waals surface area contributed by atoms with Crippen molar-refractivity contribution < 1.29 is 48.7 Å². The largest absolute Gasteiger partial charge is 0.472 e. The number of benzene rings is 2. The molecular weight excluding hydrogens is 693 g/mol. The van der Waals surface area contributed by atoms with E-state index < -0.39 is 98.4 Å². The van der Waals surface area contributed by atoms with E-state index in [0.29, 0.717) is 0 Å². The van der Waals surface area contributed by atoms with Crippen LogP contribution in [0.2, 0.25) is 0 Å². The SMILES string of the molecule is CCCCc1ccc(-c2ccc(C(=O)N[C@H](N)C(=O)NCC(=O)N(C)[C@H](C(=O)N[C@@H](N)C(=O)N[C@@H](CC(N)=O)C(=O)NCB(O)O)C(C)O)cc2)cc1. The van der Waals surface area contributed by atoms with Gasteiger partial charge in [-0.3, -0.25) is 33.6 Å². The zero-order valence-electron chi connectivity index (χ0n) is 29.7. The standard InChI is InChI=1S/C33H48BN9O10/c1-4-5-6-19-7-9-20(10-8-19)21-11-13-22(14-12-21)29(47)41-27(36)32(50)38-16-25(46)43(3)26(18(2)44)31(49)42-28(37)33(51)40-23(15-24(35)45)30(48)39-17-34(52)53/h7-14,18,23,26-28,44,52-53H,4-6,15-17,36-37H2,1-3H3,(H2,35,45)(H,38,50)(H,39,48)(H,40,51)(H,41,47)(H,42,49)/t18?,23-,26-,27-,28+/m0/s1. The quantitative estimate of drug-likeness (QED) is 0.0456. The van der Waals surface area contributed by atoms with Crippen LogP contribution >= 0.6 is 0 Å². The minimum atomic E-state index is -1.92. The van der Waals surface area contributed by atoms with Gasteiger partial charge in [0.15, 0.2) is 12.3 Å². The summed E-state index contributed by atoms with van der Waals surface area (Å²) in [5.74, 6) is -6.74. The molecule has 2 aromatic rings. The fourth-order valence-electron chi connectivity index (χ4n) is 4.91. The topological polar surface area (TPSA) is 322 Å². The molecule has 288 valence electrons. The molecule has 20 heteroatoms. The molecule has 53 heavy (non-hydrogen) atoms. The summed E-state index contributed by atoms with van der Waals surface area (Å²) in [5, 5.41) is 39.0. The Morgan fingerprint density at radius 3 is 1.89 bits per heavy atom. The lowest BCUT2D eigenvalue weighted by atomic mass is 9.92. The van der Waals surface area contributed by atoms with Crippen LogP contribution in [0.5, 0.6) is 0 Å². The van der Waals surface area contributed by atoms with E-state index in [1.165, 1.54) is 12.5 Å². The molecule has 2 rings (SSSR count). The second kappa shape index (κ2) is 21.2. The molecule has 0 heterocycles. The number of unbranched alkanes of at least 4 members (excludes halogenated alkanes) is 1. The van der Waals surface area contributed by atoms with Crippen molar-refractivity contribution in [2.45, 2.75) is 70.0 Å². The summed E-state index contributed by atoms with van der Waals surface area (Å²) in [4.78, 5) is 88.3. The van der Waals surface area contributed by atoms with E-state index in [0.717, 1.165) is 42.3 Å². The maximum atomic E-state index is 13.0. The third-order valence-electron chi connectivity index (χ3n) is 7.85. The molecule has 19 nitrogen and oxygen atoms in total. The summed E-state index contributed by atoms with van der Waals surface area (Å²) in [6.45, 7) is 2.60. The Morgan fingerprint density at radius 1 is 0.792 bits per heavy atom. The highest BCUT2D eigenvalue weighted by Crippen LogP contribution is 2.21. The second-order valence-electron chi connectivity index (χ2n) is 12.2. The van der Waals surface area contributed by atoms with Crippen molar-refractivity contribution >= 4 is 48.5 Å². The second-order valence-corrected chi connectivity index (χ2v) is 12.2. The number of rotatable bonds is 20. The number of hydrogen-bond acceptors (Lipinski definition) is 12. The van der Waals surface area contributed by atoms with E-state index in [9.17, 15) is 38.7 Å². The van der Waals surface area contributed by atoms with Gasteiger partial charge in [-0.2, -0.15) is 0 Å². The Hall–Kier alpha value is -5.41. The number of aryl methyl sites for hydroxylation is 1. The van der Waals surface area contributed by atoms with Gasteiger partial charge in [-0.25, -0.2) is 0 Å². The van der Waals surface area contributed by atoms with E-state index in [2.05, 4.69) is 45.6 Å². The summed E-state index contributed by atoms with van der Waals surface area (Å²) in [7, 11) is -0.793. The number of aliphatic hydroxyl groups is 1. The van der Waals surface area contributed by atoms with Crippen LogP contribution in [0.4, 0.5) is 0 Å². The normalized spacial score (nSPS) is 13.6. The van der Waals surface area contributed by atoms with Crippen molar-refractivity contribution in [3.8, 4) is 11.1 Å². The zero-order valence-corrected chi connectivity index (χ0v) is 29.7. The molecule has 0 radical (unpaired) electrons. The highest BCUT2D eigenvalue weighted by molar-refractivity contribution is 6.41. The molecule has 0 aliphatic rings. The molecule has 7 amide bonds. The van der Waals surface area contributed by atoms with Crippen LogP contribution in [0.3, 0.4) is 0 Å². The number of likely N-dealkylation sites (N-methyl/N-ethyl adjacent to an activating group) is 1. The van der Waals surface area contributed by atoms with Gasteiger partial charge >= 0.3 is 7.12 Å². The monoisotopic (exact) mass is 741 g/mol. The van der Waals surface area contributed by atoms with Gasteiger partial charge in [-0.05, 0) is 48.6 Å². The fraction of sp³-hybridized carbons (Fsp3) is 0.424.